The third-order valence-corrected chi connectivity index (χ3v) is 6.10. The van der Waals surface area contributed by atoms with Crippen molar-refractivity contribution in [3.05, 3.63) is 59.7 Å². The van der Waals surface area contributed by atoms with Crippen molar-refractivity contribution in [1.29, 1.82) is 0 Å². The van der Waals surface area contributed by atoms with Crippen LogP contribution in [0.15, 0.2) is 63.2 Å². The first-order chi connectivity index (χ1) is 13.8. The average Bonchev–Trinajstić information content (AvgIpc) is 3.37. The Hall–Kier alpha value is -2.28. The molecule has 1 aliphatic rings. The summed E-state index contributed by atoms with van der Waals surface area (Å²) in [6, 6.07) is 11.8. The molecule has 4 aromatic rings. The summed E-state index contributed by atoms with van der Waals surface area (Å²) in [6.07, 6.45) is 5.59. The minimum Gasteiger partial charge on any atom is -0.433 e. The van der Waals surface area contributed by atoms with Crippen LogP contribution in [0.4, 0.5) is 0 Å². The zero-order valence-corrected chi connectivity index (χ0v) is 16.6. The number of nitrogens with one attached hydrogen (secondary N) is 1. The number of rotatable bonds is 4. The van der Waals surface area contributed by atoms with Gasteiger partial charge in [-0.1, -0.05) is 11.6 Å². The van der Waals surface area contributed by atoms with Crippen LogP contribution < -0.4 is 0 Å². The molecule has 1 aromatic carbocycles. The van der Waals surface area contributed by atoms with Gasteiger partial charge in [-0.15, -0.1) is 0 Å². The van der Waals surface area contributed by atoms with E-state index in [1.165, 1.54) is 0 Å². The van der Waals surface area contributed by atoms with Gasteiger partial charge in [0.2, 0.25) is 0 Å². The highest BCUT2D eigenvalue weighted by atomic mass is 35.5. The van der Waals surface area contributed by atoms with Gasteiger partial charge in [-0.2, -0.15) is 0 Å². The Morgan fingerprint density at radius 1 is 1.11 bits per heavy atom. The largest absolute Gasteiger partial charge is 0.433 e. The van der Waals surface area contributed by atoms with Crippen LogP contribution in [-0.4, -0.2) is 28.2 Å². The number of fused-ring (bicyclic) bond motifs is 1. The number of aromatic nitrogens is 3. The second kappa shape index (κ2) is 7.62. The van der Waals surface area contributed by atoms with Crippen molar-refractivity contribution >= 4 is 34.4 Å². The molecule has 1 aliphatic heterocycles. The smallest absolute Gasteiger partial charge is 0.199 e. The Morgan fingerprint density at radius 3 is 2.75 bits per heavy atom. The molecular formula is C21H18ClN3O2S. The molecule has 5 rings (SSSR count). The van der Waals surface area contributed by atoms with Crippen molar-refractivity contribution < 1.29 is 9.15 Å². The van der Waals surface area contributed by atoms with Gasteiger partial charge in [0, 0.05) is 52.4 Å². The average molecular weight is 412 g/mol. The van der Waals surface area contributed by atoms with Crippen molar-refractivity contribution in [3.8, 4) is 11.3 Å². The highest BCUT2D eigenvalue weighted by molar-refractivity contribution is 7.99. The number of aromatic amines is 1. The highest BCUT2D eigenvalue weighted by Crippen LogP contribution is 2.40. The maximum absolute atomic E-state index is 6.26. The first kappa shape index (κ1) is 17.8. The van der Waals surface area contributed by atoms with Crippen LogP contribution in [0.5, 0.6) is 0 Å². The summed E-state index contributed by atoms with van der Waals surface area (Å²) >= 11 is 7.58. The maximum atomic E-state index is 6.26. The molecule has 0 spiro atoms. The lowest BCUT2D eigenvalue weighted by atomic mass is 10.0. The summed E-state index contributed by atoms with van der Waals surface area (Å²) in [5, 5.41) is 2.54. The molecule has 3 aromatic heterocycles. The van der Waals surface area contributed by atoms with Gasteiger partial charge < -0.3 is 14.1 Å². The quantitative estimate of drug-likeness (QED) is 0.451. The van der Waals surface area contributed by atoms with Gasteiger partial charge in [-0.25, -0.2) is 9.97 Å². The summed E-state index contributed by atoms with van der Waals surface area (Å²) in [5.74, 6) is 1.07. The Morgan fingerprint density at radius 2 is 1.93 bits per heavy atom. The molecule has 28 heavy (non-hydrogen) atoms. The van der Waals surface area contributed by atoms with Gasteiger partial charge >= 0.3 is 0 Å². The van der Waals surface area contributed by atoms with E-state index >= 15 is 0 Å². The third kappa shape index (κ3) is 3.55. The zero-order chi connectivity index (χ0) is 18.9. The standard InChI is InChI=1S/C21H18ClN3O2S/c22-16-1-3-17(4-2-16)28-21-18(15-11-14-5-8-23-19(14)24-12-15)25-20(27-21)13-6-9-26-10-7-13/h1-5,8,11-13H,6-7,9-10H2,(H,23,24). The number of nitrogens with zero attached hydrogens (tertiary/aromatic N) is 2. The monoisotopic (exact) mass is 411 g/mol. The molecule has 0 bridgehead atoms. The van der Waals surface area contributed by atoms with Crippen molar-refractivity contribution in [2.75, 3.05) is 13.2 Å². The van der Waals surface area contributed by atoms with E-state index < -0.39 is 0 Å². The molecule has 0 atom stereocenters. The predicted molar refractivity (Wildman–Crippen MR) is 110 cm³/mol. The first-order valence-electron chi connectivity index (χ1n) is 9.22. The summed E-state index contributed by atoms with van der Waals surface area (Å²) in [4.78, 5) is 13.6. The summed E-state index contributed by atoms with van der Waals surface area (Å²) in [6.45, 7) is 1.50. The van der Waals surface area contributed by atoms with E-state index in [2.05, 4.69) is 16.0 Å². The van der Waals surface area contributed by atoms with Crippen LogP contribution in [0.1, 0.15) is 24.7 Å². The number of oxazole rings is 1. The van der Waals surface area contributed by atoms with Crippen LogP contribution in [0, 0.1) is 0 Å². The van der Waals surface area contributed by atoms with Crippen molar-refractivity contribution in [2.45, 2.75) is 28.7 Å². The molecule has 1 N–H and O–H groups in total. The van der Waals surface area contributed by atoms with E-state index in [1.807, 2.05) is 42.7 Å². The fourth-order valence-corrected chi connectivity index (χ4v) is 4.37. The van der Waals surface area contributed by atoms with E-state index in [0.29, 0.717) is 5.02 Å². The zero-order valence-electron chi connectivity index (χ0n) is 15.0. The minimum atomic E-state index is 0.288. The Bertz CT molecular complexity index is 1100. The summed E-state index contributed by atoms with van der Waals surface area (Å²) in [7, 11) is 0. The van der Waals surface area contributed by atoms with E-state index in [4.69, 9.17) is 25.7 Å². The molecule has 0 radical (unpaired) electrons. The molecule has 0 saturated carbocycles. The normalized spacial score (nSPS) is 15.3. The number of H-pyrrole nitrogens is 1. The van der Waals surface area contributed by atoms with Gasteiger partial charge in [0.05, 0.1) is 0 Å². The summed E-state index contributed by atoms with van der Waals surface area (Å²) in [5.41, 5.74) is 2.64. The van der Waals surface area contributed by atoms with Gasteiger partial charge in [0.25, 0.3) is 0 Å². The van der Waals surface area contributed by atoms with Crippen LogP contribution in [-0.2, 0) is 4.74 Å². The molecule has 4 heterocycles. The third-order valence-electron chi connectivity index (χ3n) is 4.88. The lowest BCUT2D eigenvalue weighted by molar-refractivity contribution is 0.0786. The number of pyridine rings is 1. The Labute approximate surface area is 171 Å². The number of hydrogen-bond donors (Lipinski definition) is 1. The van der Waals surface area contributed by atoms with Crippen LogP contribution in [0.25, 0.3) is 22.3 Å². The predicted octanol–water partition coefficient (Wildman–Crippen LogP) is 5.92. The molecular weight excluding hydrogens is 394 g/mol. The lowest BCUT2D eigenvalue weighted by Gasteiger charge is -2.18. The molecule has 142 valence electrons. The molecule has 0 aliphatic carbocycles. The minimum absolute atomic E-state index is 0.288. The van der Waals surface area contributed by atoms with Crippen molar-refractivity contribution in [1.82, 2.24) is 15.0 Å². The maximum Gasteiger partial charge on any atom is 0.199 e. The molecule has 1 saturated heterocycles. The molecule has 5 nitrogen and oxygen atoms in total. The molecule has 0 amide bonds. The first-order valence-corrected chi connectivity index (χ1v) is 10.4. The topological polar surface area (TPSA) is 63.9 Å². The second-order valence-electron chi connectivity index (χ2n) is 6.77. The summed E-state index contributed by atoms with van der Waals surface area (Å²) < 4.78 is 11.8. The number of halogens is 1. The van der Waals surface area contributed by atoms with Gasteiger partial charge in [0.15, 0.2) is 11.0 Å². The molecule has 1 fully saturated rings. The number of benzene rings is 1. The van der Waals surface area contributed by atoms with E-state index in [-0.39, 0.29) is 5.92 Å². The van der Waals surface area contributed by atoms with E-state index in [1.54, 1.807) is 11.8 Å². The molecule has 0 unspecified atom stereocenters. The number of ether oxygens (including phenoxy) is 1. The van der Waals surface area contributed by atoms with Gasteiger partial charge in [-0.05, 0) is 61.0 Å². The van der Waals surface area contributed by atoms with Crippen LogP contribution in [0.2, 0.25) is 5.02 Å². The Kier molecular flexibility index (Phi) is 4.84. The van der Waals surface area contributed by atoms with Crippen molar-refractivity contribution in [3.63, 3.8) is 0 Å². The van der Waals surface area contributed by atoms with Gasteiger partial charge in [-0.3, -0.25) is 0 Å². The van der Waals surface area contributed by atoms with Crippen LogP contribution in [0.3, 0.4) is 0 Å². The lowest BCUT2D eigenvalue weighted by Crippen LogP contribution is -2.14. The van der Waals surface area contributed by atoms with Crippen LogP contribution >= 0.6 is 23.4 Å². The second-order valence-corrected chi connectivity index (χ2v) is 8.25. The van der Waals surface area contributed by atoms with Crippen molar-refractivity contribution in [2.24, 2.45) is 0 Å². The Balaban J connectivity index is 1.56. The van der Waals surface area contributed by atoms with E-state index in [9.17, 15) is 0 Å². The van der Waals surface area contributed by atoms with Gasteiger partial charge in [0.1, 0.15) is 11.3 Å². The SMILES string of the molecule is Clc1ccc(Sc2oc(C3CCOCC3)nc2-c2cnc3[nH]ccc3c2)cc1. The number of hydrogen-bond acceptors (Lipinski definition) is 5. The highest BCUT2D eigenvalue weighted by Gasteiger charge is 2.25. The van der Waals surface area contributed by atoms with E-state index in [0.717, 1.165) is 64.2 Å². The molecule has 7 heteroatoms. The fraction of sp³-hybridized carbons (Fsp3) is 0.238. The fourth-order valence-electron chi connectivity index (χ4n) is 3.37.